The molecule has 16 heteroatoms. The number of amides is 6. The quantitative estimate of drug-likeness (QED) is 0.0964. The molecule has 0 aliphatic rings. The monoisotopic (exact) mass is 503 g/mol. The van der Waals surface area contributed by atoms with E-state index in [2.05, 4.69) is 21.3 Å². The number of rotatable bonds is 16. The molecule has 0 rings (SSSR count). The van der Waals surface area contributed by atoms with Gasteiger partial charge >= 0.3 is 5.97 Å². The summed E-state index contributed by atoms with van der Waals surface area (Å²) in [4.78, 5) is 82.5. The predicted molar refractivity (Wildman–Crippen MR) is 119 cm³/mol. The molecular formula is C19H33N7O9. The van der Waals surface area contributed by atoms with E-state index in [-0.39, 0.29) is 0 Å². The zero-order valence-electron chi connectivity index (χ0n) is 19.4. The summed E-state index contributed by atoms with van der Waals surface area (Å²) in [5.74, 6) is -7.38. The topological polar surface area (TPSA) is 286 Å². The number of hydrogen-bond acceptors (Lipinski definition) is 9. The molecule has 198 valence electrons. The Hall–Kier alpha value is -3.79. The largest absolute Gasteiger partial charge is 0.480 e. The van der Waals surface area contributed by atoms with Gasteiger partial charge in [-0.25, -0.2) is 4.79 Å². The van der Waals surface area contributed by atoms with Gasteiger partial charge < -0.3 is 48.7 Å². The smallest absolute Gasteiger partial charge is 0.328 e. The van der Waals surface area contributed by atoms with E-state index in [4.69, 9.17) is 27.4 Å². The molecule has 0 aliphatic heterocycles. The van der Waals surface area contributed by atoms with Crippen molar-refractivity contribution in [3.8, 4) is 0 Å². The Labute approximate surface area is 200 Å². The van der Waals surface area contributed by atoms with Gasteiger partial charge in [0.15, 0.2) is 0 Å². The first-order chi connectivity index (χ1) is 16.2. The predicted octanol–water partition coefficient (Wildman–Crippen LogP) is -5.24. The molecule has 35 heavy (non-hydrogen) atoms. The Balaban J connectivity index is 5.19. The van der Waals surface area contributed by atoms with Crippen molar-refractivity contribution in [2.45, 2.75) is 57.3 Å². The molecule has 0 saturated carbocycles. The Morgan fingerprint density at radius 1 is 0.829 bits per heavy atom. The molecule has 5 atom stereocenters. The molecule has 0 aromatic carbocycles. The molecule has 0 aliphatic carbocycles. The van der Waals surface area contributed by atoms with Crippen LogP contribution in [0, 0.1) is 5.92 Å². The number of aliphatic carboxylic acids is 1. The van der Waals surface area contributed by atoms with Crippen LogP contribution >= 0.6 is 0 Å². The molecule has 0 bridgehead atoms. The van der Waals surface area contributed by atoms with Crippen LogP contribution in [0.15, 0.2) is 0 Å². The van der Waals surface area contributed by atoms with Crippen molar-refractivity contribution in [1.29, 1.82) is 0 Å². The minimum Gasteiger partial charge on any atom is -0.480 e. The van der Waals surface area contributed by atoms with Crippen LogP contribution in [-0.2, 0) is 33.6 Å². The average molecular weight is 504 g/mol. The van der Waals surface area contributed by atoms with E-state index in [1.54, 1.807) is 13.8 Å². The maximum absolute atomic E-state index is 12.5. The van der Waals surface area contributed by atoms with Crippen LogP contribution in [-0.4, -0.2) is 88.9 Å². The van der Waals surface area contributed by atoms with Crippen LogP contribution in [0.2, 0.25) is 0 Å². The maximum Gasteiger partial charge on any atom is 0.328 e. The summed E-state index contributed by atoms with van der Waals surface area (Å²) in [5.41, 5.74) is 15.5. The van der Waals surface area contributed by atoms with Crippen LogP contribution in [0.1, 0.15) is 33.1 Å². The van der Waals surface area contributed by atoms with Crippen LogP contribution in [0.3, 0.4) is 0 Å². The lowest BCUT2D eigenvalue weighted by atomic mass is 9.98. The summed E-state index contributed by atoms with van der Waals surface area (Å²) in [6.45, 7) is 1.79. The summed E-state index contributed by atoms with van der Waals surface area (Å²) in [6.07, 6.45) is -0.741. The summed E-state index contributed by atoms with van der Waals surface area (Å²) in [6, 6.07) is -5.67. The van der Waals surface area contributed by atoms with E-state index in [0.717, 1.165) is 0 Å². The van der Waals surface area contributed by atoms with Crippen LogP contribution in [0.4, 0.5) is 0 Å². The highest BCUT2D eigenvalue weighted by molar-refractivity contribution is 5.96. The second-order valence-electron chi connectivity index (χ2n) is 7.74. The van der Waals surface area contributed by atoms with Gasteiger partial charge in [-0.3, -0.25) is 28.8 Å². The van der Waals surface area contributed by atoms with Gasteiger partial charge in [0.2, 0.25) is 35.4 Å². The minimum absolute atomic E-state index is 0.417. The van der Waals surface area contributed by atoms with Crippen molar-refractivity contribution < 1.29 is 43.8 Å². The molecule has 12 N–H and O–H groups in total. The second-order valence-corrected chi connectivity index (χ2v) is 7.74. The van der Waals surface area contributed by atoms with Gasteiger partial charge in [0.1, 0.15) is 18.1 Å². The van der Waals surface area contributed by atoms with Gasteiger partial charge in [0.25, 0.3) is 0 Å². The van der Waals surface area contributed by atoms with Gasteiger partial charge in [0.05, 0.1) is 32.0 Å². The number of aliphatic hydroxyl groups excluding tert-OH is 1. The zero-order valence-corrected chi connectivity index (χ0v) is 19.4. The van der Waals surface area contributed by atoms with E-state index in [1.807, 2.05) is 0 Å². The minimum atomic E-state index is -1.58. The maximum atomic E-state index is 12.5. The highest BCUT2D eigenvalue weighted by Crippen LogP contribution is 2.08. The summed E-state index contributed by atoms with van der Waals surface area (Å²) in [7, 11) is 0. The number of aliphatic hydroxyl groups is 1. The number of hydrogen-bond donors (Lipinski definition) is 9. The molecule has 0 radical (unpaired) electrons. The Morgan fingerprint density at radius 3 is 1.83 bits per heavy atom. The van der Waals surface area contributed by atoms with Gasteiger partial charge in [-0.1, -0.05) is 20.3 Å². The lowest BCUT2D eigenvalue weighted by molar-refractivity contribution is -0.143. The average Bonchev–Trinajstić information content (AvgIpc) is 2.76. The third kappa shape index (κ3) is 11.8. The van der Waals surface area contributed by atoms with E-state index in [0.29, 0.717) is 6.42 Å². The molecule has 16 nitrogen and oxygen atoms in total. The van der Waals surface area contributed by atoms with E-state index < -0.39 is 97.5 Å². The van der Waals surface area contributed by atoms with E-state index in [9.17, 15) is 33.6 Å². The number of carbonyl (C=O) groups excluding carboxylic acids is 6. The first-order valence-electron chi connectivity index (χ1n) is 10.6. The fourth-order valence-electron chi connectivity index (χ4n) is 2.66. The molecule has 0 spiro atoms. The molecule has 0 aromatic rings. The van der Waals surface area contributed by atoms with Crippen molar-refractivity contribution in [1.82, 2.24) is 21.3 Å². The molecule has 0 saturated heterocycles. The Kier molecular flexibility index (Phi) is 13.5. The first kappa shape index (κ1) is 31.2. The van der Waals surface area contributed by atoms with Crippen molar-refractivity contribution in [2.24, 2.45) is 23.1 Å². The van der Waals surface area contributed by atoms with Crippen molar-refractivity contribution in [3.05, 3.63) is 0 Å². The van der Waals surface area contributed by atoms with Gasteiger partial charge in [0, 0.05) is 0 Å². The number of carboxylic acids is 1. The SMILES string of the molecule is CC[C@H](C)[C@H](NC(=O)CNC(=O)[C@H](CC(N)=O)NC(=O)[C@@H](N)CC(N)=O)C(=O)N[C@@H](CO)C(=O)O. The third-order valence-electron chi connectivity index (χ3n) is 4.83. The normalized spacial score (nSPS) is 14.9. The molecular weight excluding hydrogens is 470 g/mol. The van der Waals surface area contributed by atoms with E-state index >= 15 is 0 Å². The van der Waals surface area contributed by atoms with Gasteiger partial charge in [-0.2, -0.15) is 0 Å². The number of primary amides is 2. The highest BCUT2D eigenvalue weighted by Gasteiger charge is 2.30. The van der Waals surface area contributed by atoms with Gasteiger partial charge in [-0.05, 0) is 5.92 Å². The van der Waals surface area contributed by atoms with E-state index in [1.165, 1.54) is 0 Å². The van der Waals surface area contributed by atoms with Crippen LogP contribution in [0.5, 0.6) is 0 Å². The summed E-state index contributed by atoms with van der Waals surface area (Å²) < 4.78 is 0. The molecule has 0 heterocycles. The second kappa shape index (κ2) is 15.2. The number of carbonyl (C=O) groups is 7. The molecule has 0 unspecified atom stereocenters. The lowest BCUT2D eigenvalue weighted by Gasteiger charge is -2.25. The standard InChI is InChI=1S/C19H33N7O9/c1-3-8(2)15(18(33)25-11(7-27)19(34)35)26-14(30)6-23-17(32)10(5-13(22)29)24-16(31)9(20)4-12(21)28/h8-11,15,27H,3-7,20H2,1-2H3,(H2,21,28)(H2,22,29)(H,23,32)(H,24,31)(H,25,33)(H,26,30)(H,34,35)/t8-,9-,10-,11-,15-/m0/s1. The molecule has 0 fully saturated rings. The Morgan fingerprint density at radius 2 is 1.37 bits per heavy atom. The Bertz CT molecular complexity index is 820. The number of nitrogens with one attached hydrogen (secondary N) is 4. The lowest BCUT2D eigenvalue weighted by Crippen LogP contribution is -2.57. The van der Waals surface area contributed by atoms with Crippen molar-refractivity contribution in [2.75, 3.05) is 13.2 Å². The van der Waals surface area contributed by atoms with Crippen LogP contribution in [0.25, 0.3) is 0 Å². The summed E-state index contributed by atoms with van der Waals surface area (Å²) >= 11 is 0. The number of carboxylic acid groups (broad SMARTS) is 1. The van der Waals surface area contributed by atoms with Crippen LogP contribution < -0.4 is 38.5 Å². The summed E-state index contributed by atoms with van der Waals surface area (Å²) in [5, 5.41) is 26.8. The molecule has 0 aromatic heterocycles. The third-order valence-corrected chi connectivity index (χ3v) is 4.83. The first-order valence-corrected chi connectivity index (χ1v) is 10.6. The zero-order chi connectivity index (χ0) is 27.3. The fourth-order valence-corrected chi connectivity index (χ4v) is 2.66. The van der Waals surface area contributed by atoms with Crippen molar-refractivity contribution >= 4 is 41.4 Å². The van der Waals surface area contributed by atoms with Crippen molar-refractivity contribution in [3.63, 3.8) is 0 Å². The fraction of sp³-hybridized carbons (Fsp3) is 0.632. The van der Waals surface area contributed by atoms with Gasteiger partial charge in [-0.15, -0.1) is 0 Å². The molecule has 6 amide bonds. The number of nitrogens with two attached hydrogens (primary N) is 3. The highest BCUT2D eigenvalue weighted by atomic mass is 16.4.